The maximum absolute atomic E-state index is 6.11. The number of likely N-dealkylation sites (tertiary alicyclic amines) is 1. The number of hydrogen-bond donors (Lipinski definition) is 1. The van der Waals surface area contributed by atoms with Crippen molar-refractivity contribution < 1.29 is 9.47 Å². The highest BCUT2D eigenvalue weighted by Gasteiger charge is 2.17. The lowest BCUT2D eigenvalue weighted by Gasteiger charge is -2.31. The molecule has 2 N–H and O–H groups in total. The van der Waals surface area contributed by atoms with Crippen LogP contribution in [-0.2, 0) is 0 Å². The van der Waals surface area contributed by atoms with Gasteiger partial charge in [-0.05, 0) is 30.9 Å². The van der Waals surface area contributed by atoms with Crippen LogP contribution in [0.25, 0.3) is 0 Å². The molecule has 5 heteroatoms. The molecule has 1 aliphatic heterocycles. The molecular weight excluding hydrogens is 290 g/mol. The van der Waals surface area contributed by atoms with Gasteiger partial charge in [-0.1, -0.05) is 26.0 Å². The highest BCUT2D eigenvalue weighted by molar-refractivity contribution is 5.78. The Morgan fingerprint density at radius 2 is 1.96 bits per heavy atom. The van der Waals surface area contributed by atoms with Gasteiger partial charge in [-0.15, -0.1) is 0 Å². The Balaban J connectivity index is 1.78. The van der Waals surface area contributed by atoms with Gasteiger partial charge in [0.25, 0.3) is 0 Å². The minimum Gasteiger partial charge on any atom is -0.493 e. The molecule has 0 aromatic heterocycles. The van der Waals surface area contributed by atoms with Gasteiger partial charge in [-0.3, -0.25) is 4.99 Å². The van der Waals surface area contributed by atoms with Gasteiger partial charge in [0.05, 0.1) is 13.7 Å². The van der Waals surface area contributed by atoms with Gasteiger partial charge in [0.15, 0.2) is 17.5 Å². The lowest BCUT2D eigenvalue weighted by Crippen LogP contribution is -2.42. The molecule has 128 valence electrons. The van der Waals surface area contributed by atoms with Crippen LogP contribution in [0.3, 0.4) is 0 Å². The van der Waals surface area contributed by atoms with E-state index in [4.69, 9.17) is 15.2 Å². The van der Waals surface area contributed by atoms with Crippen LogP contribution in [0, 0.1) is 11.8 Å². The molecule has 0 saturated carbocycles. The van der Waals surface area contributed by atoms with Crippen molar-refractivity contribution in [3.05, 3.63) is 24.3 Å². The average molecular weight is 319 g/mol. The van der Waals surface area contributed by atoms with Crippen LogP contribution >= 0.6 is 0 Å². The standard InChI is InChI=1S/C18H29N3O2/c1-14-8-10-21(11-9-14)18(19)20-12-15(2)13-23-17-7-5-4-6-16(17)22-3/h4-7,14-15H,8-13H2,1-3H3,(H2,19,20). The zero-order valence-electron chi connectivity index (χ0n) is 14.5. The molecule has 2 rings (SSSR count). The van der Waals surface area contributed by atoms with E-state index in [-0.39, 0.29) is 0 Å². The number of hydrogen-bond acceptors (Lipinski definition) is 3. The largest absolute Gasteiger partial charge is 0.493 e. The van der Waals surface area contributed by atoms with E-state index in [9.17, 15) is 0 Å². The molecule has 0 bridgehead atoms. The summed E-state index contributed by atoms with van der Waals surface area (Å²) in [5.74, 6) is 3.28. The summed E-state index contributed by atoms with van der Waals surface area (Å²) in [4.78, 5) is 6.73. The molecule has 1 aromatic carbocycles. The first-order valence-electron chi connectivity index (χ1n) is 8.40. The third-order valence-corrected chi connectivity index (χ3v) is 4.27. The smallest absolute Gasteiger partial charge is 0.191 e. The number of benzene rings is 1. The summed E-state index contributed by atoms with van der Waals surface area (Å²) < 4.78 is 11.1. The van der Waals surface area contributed by atoms with Crippen LogP contribution in [0.5, 0.6) is 11.5 Å². The molecule has 1 saturated heterocycles. The van der Waals surface area contributed by atoms with Crippen LogP contribution in [-0.4, -0.2) is 44.2 Å². The normalized spacial score (nSPS) is 17.9. The maximum atomic E-state index is 6.11. The van der Waals surface area contributed by atoms with Crippen molar-refractivity contribution in [3.63, 3.8) is 0 Å². The van der Waals surface area contributed by atoms with Crippen LogP contribution in [0.1, 0.15) is 26.7 Å². The number of rotatable bonds is 6. The first-order valence-corrected chi connectivity index (χ1v) is 8.40. The summed E-state index contributed by atoms with van der Waals surface area (Å²) in [5.41, 5.74) is 6.11. The molecule has 0 spiro atoms. The van der Waals surface area contributed by atoms with Crippen molar-refractivity contribution in [3.8, 4) is 11.5 Å². The Hall–Kier alpha value is -1.91. The first kappa shape index (κ1) is 17.4. The van der Waals surface area contributed by atoms with Crippen molar-refractivity contribution in [2.24, 2.45) is 22.6 Å². The van der Waals surface area contributed by atoms with E-state index in [1.807, 2.05) is 24.3 Å². The van der Waals surface area contributed by atoms with Gasteiger partial charge in [0.1, 0.15) is 0 Å². The molecule has 0 aliphatic carbocycles. The van der Waals surface area contributed by atoms with Crippen LogP contribution < -0.4 is 15.2 Å². The van der Waals surface area contributed by atoms with Crippen LogP contribution in [0.2, 0.25) is 0 Å². The van der Waals surface area contributed by atoms with Gasteiger partial charge >= 0.3 is 0 Å². The predicted molar refractivity (Wildman–Crippen MR) is 94.1 cm³/mol. The summed E-state index contributed by atoms with van der Waals surface area (Å²) in [7, 11) is 1.65. The van der Waals surface area contributed by atoms with E-state index in [0.717, 1.165) is 30.5 Å². The van der Waals surface area contributed by atoms with Crippen molar-refractivity contribution in [1.29, 1.82) is 0 Å². The van der Waals surface area contributed by atoms with Crippen LogP contribution in [0.15, 0.2) is 29.3 Å². The van der Waals surface area contributed by atoms with E-state index in [0.29, 0.717) is 25.0 Å². The highest BCUT2D eigenvalue weighted by atomic mass is 16.5. The third-order valence-electron chi connectivity index (χ3n) is 4.27. The molecule has 5 nitrogen and oxygen atoms in total. The number of piperidine rings is 1. The summed E-state index contributed by atoms with van der Waals surface area (Å²) in [6, 6.07) is 7.68. The zero-order chi connectivity index (χ0) is 16.7. The van der Waals surface area contributed by atoms with E-state index < -0.39 is 0 Å². The number of aliphatic imine (C=N–C) groups is 1. The van der Waals surface area contributed by atoms with Gasteiger partial charge in [0, 0.05) is 25.6 Å². The Bertz CT molecular complexity index is 511. The average Bonchev–Trinajstić information content (AvgIpc) is 2.58. The van der Waals surface area contributed by atoms with Crippen molar-refractivity contribution in [1.82, 2.24) is 4.90 Å². The maximum Gasteiger partial charge on any atom is 0.191 e. The molecule has 1 aromatic rings. The van der Waals surface area contributed by atoms with Crippen molar-refractivity contribution in [2.75, 3.05) is 33.4 Å². The Morgan fingerprint density at radius 3 is 2.61 bits per heavy atom. The fraction of sp³-hybridized carbons (Fsp3) is 0.611. The number of ether oxygens (including phenoxy) is 2. The molecule has 1 atom stereocenters. The zero-order valence-corrected chi connectivity index (χ0v) is 14.5. The third kappa shape index (κ3) is 5.34. The van der Waals surface area contributed by atoms with E-state index in [2.05, 4.69) is 23.7 Å². The van der Waals surface area contributed by atoms with E-state index >= 15 is 0 Å². The minimum absolute atomic E-state index is 0.294. The Labute approximate surface area is 139 Å². The highest BCUT2D eigenvalue weighted by Crippen LogP contribution is 2.26. The number of para-hydroxylation sites is 2. The Morgan fingerprint density at radius 1 is 1.30 bits per heavy atom. The molecule has 23 heavy (non-hydrogen) atoms. The molecule has 1 fully saturated rings. The quantitative estimate of drug-likeness (QED) is 0.647. The van der Waals surface area contributed by atoms with Crippen LogP contribution in [0.4, 0.5) is 0 Å². The van der Waals surface area contributed by atoms with Gasteiger partial charge in [-0.25, -0.2) is 0 Å². The summed E-state index contributed by atoms with van der Waals surface area (Å²) in [6.07, 6.45) is 2.39. The lowest BCUT2D eigenvalue weighted by molar-refractivity contribution is 0.249. The van der Waals surface area contributed by atoms with Crippen molar-refractivity contribution in [2.45, 2.75) is 26.7 Å². The van der Waals surface area contributed by atoms with Gasteiger partial charge in [0.2, 0.25) is 0 Å². The molecule has 0 radical (unpaired) electrons. The SMILES string of the molecule is COc1ccccc1OCC(C)CN=C(N)N1CCC(C)CC1. The fourth-order valence-electron chi connectivity index (χ4n) is 2.61. The molecule has 1 unspecified atom stereocenters. The van der Waals surface area contributed by atoms with E-state index in [1.165, 1.54) is 12.8 Å². The summed E-state index contributed by atoms with van der Waals surface area (Å²) in [5, 5.41) is 0. The molecular formula is C18H29N3O2. The number of methoxy groups -OCH3 is 1. The number of nitrogens with zero attached hydrogens (tertiary/aromatic N) is 2. The summed E-state index contributed by atoms with van der Waals surface area (Å²) >= 11 is 0. The molecule has 0 amide bonds. The Kier molecular flexibility index (Phi) is 6.56. The second-order valence-electron chi connectivity index (χ2n) is 6.44. The molecule has 1 heterocycles. The van der Waals surface area contributed by atoms with Crippen molar-refractivity contribution >= 4 is 5.96 Å². The monoisotopic (exact) mass is 319 g/mol. The summed E-state index contributed by atoms with van der Waals surface area (Å²) in [6.45, 7) is 7.71. The molecule has 1 aliphatic rings. The topological polar surface area (TPSA) is 60.1 Å². The minimum atomic E-state index is 0.294. The second-order valence-corrected chi connectivity index (χ2v) is 6.44. The lowest BCUT2D eigenvalue weighted by atomic mass is 10.00. The van der Waals surface area contributed by atoms with Gasteiger partial charge in [-0.2, -0.15) is 0 Å². The second kappa shape index (κ2) is 8.65. The fourth-order valence-corrected chi connectivity index (χ4v) is 2.61. The number of guanidine groups is 1. The predicted octanol–water partition coefficient (Wildman–Crippen LogP) is 2.76. The first-order chi connectivity index (χ1) is 11.1. The van der Waals surface area contributed by atoms with Gasteiger partial charge < -0.3 is 20.1 Å². The van der Waals surface area contributed by atoms with E-state index in [1.54, 1.807) is 7.11 Å². The number of nitrogens with two attached hydrogens (primary N) is 1.